The fraction of sp³-hybridized carbons (Fsp3) is 0.250. The van der Waals surface area contributed by atoms with Crippen LogP contribution >= 0.6 is 0 Å². The van der Waals surface area contributed by atoms with Gasteiger partial charge in [0, 0.05) is 0 Å². The average molecular weight is 266 g/mol. The summed E-state index contributed by atoms with van der Waals surface area (Å²) in [6, 6.07) is 6.47. The van der Waals surface area contributed by atoms with E-state index in [1.54, 1.807) is 18.2 Å². The Morgan fingerprint density at radius 1 is 1.26 bits per heavy atom. The van der Waals surface area contributed by atoms with Crippen LogP contribution in [0.25, 0.3) is 0 Å². The number of esters is 1. The van der Waals surface area contributed by atoms with Crippen LogP contribution in [0.3, 0.4) is 0 Å². The summed E-state index contributed by atoms with van der Waals surface area (Å²) in [6.07, 6.45) is 0. The highest BCUT2D eigenvalue weighted by molar-refractivity contribution is 5.94. The van der Waals surface area contributed by atoms with Crippen molar-refractivity contribution in [3.8, 4) is 5.75 Å². The standard InChI is InChI=1S/C12H14N2O5/c1-18-9-5-3-2-4-8(9)12(17)19-7-11(16)14-6-10(13)15/h2-5H,6-7H2,1H3,(H2,13,15)(H,14,16). The molecule has 0 aliphatic heterocycles. The van der Waals surface area contributed by atoms with Crippen LogP contribution in [-0.2, 0) is 14.3 Å². The first-order valence-electron chi connectivity index (χ1n) is 5.39. The lowest BCUT2D eigenvalue weighted by molar-refractivity contribution is -0.127. The predicted octanol–water partition coefficient (Wildman–Crippen LogP) is -0.546. The molecule has 102 valence electrons. The van der Waals surface area contributed by atoms with Gasteiger partial charge in [-0.1, -0.05) is 12.1 Å². The van der Waals surface area contributed by atoms with Gasteiger partial charge in [-0.25, -0.2) is 4.79 Å². The van der Waals surface area contributed by atoms with Crippen molar-refractivity contribution in [3.63, 3.8) is 0 Å². The number of rotatable bonds is 6. The van der Waals surface area contributed by atoms with E-state index >= 15 is 0 Å². The number of ether oxygens (including phenoxy) is 2. The number of carbonyl (C=O) groups is 3. The molecular weight excluding hydrogens is 252 g/mol. The van der Waals surface area contributed by atoms with Crippen LogP contribution in [0.4, 0.5) is 0 Å². The molecular formula is C12H14N2O5. The summed E-state index contributed by atoms with van der Waals surface area (Å²) in [4.78, 5) is 33.3. The molecule has 0 saturated heterocycles. The van der Waals surface area contributed by atoms with Gasteiger partial charge in [-0.2, -0.15) is 0 Å². The van der Waals surface area contributed by atoms with E-state index in [1.807, 2.05) is 0 Å². The molecule has 0 aliphatic rings. The van der Waals surface area contributed by atoms with E-state index in [-0.39, 0.29) is 12.1 Å². The zero-order chi connectivity index (χ0) is 14.3. The van der Waals surface area contributed by atoms with Gasteiger partial charge >= 0.3 is 5.97 Å². The van der Waals surface area contributed by atoms with Gasteiger partial charge in [0.1, 0.15) is 11.3 Å². The van der Waals surface area contributed by atoms with Crippen LogP contribution in [0, 0.1) is 0 Å². The lowest BCUT2D eigenvalue weighted by Gasteiger charge is -2.08. The zero-order valence-corrected chi connectivity index (χ0v) is 10.3. The lowest BCUT2D eigenvalue weighted by atomic mass is 10.2. The van der Waals surface area contributed by atoms with Crippen LogP contribution in [-0.4, -0.2) is 38.0 Å². The molecule has 0 fully saturated rings. The summed E-state index contributed by atoms with van der Waals surface area (Å²) >= 11 is 0. The molecule has 0 radical (unpaired) electrons. The molecule has 7 nitrogen and oxygen atoms in total. The second kappa shape index (κ2) is 7.00. The highest BCUT2D eigenvalue weighted by Gasteiger charge is 2.14. The van der Waals surface area contributed by atoms with Crippen molar-refractivity contribution in [2.75, 3.05) is 20.3 Å². The summed E-state index contributed by atoms with van der Waals surface area (Å²) in [5.74, 6) is -1.62. The summed E-state index contributed by atoms with van der Waals surface area (Å²) in [7, 11) is 1.42. The highest BCUT2D eigenvalue weighted by Crippen LogP contribution is 2.17. The maximum absolute atomic E-state index is 11.7. The number of amides is 2. The molecule has 1 rings (SSSR count). The molecule has 0 atom stereocenters. The largest absolute Gasteiger partial charge is 0.496 e. The summed E-state index contributed by atoms with van der Waals surface area (Å²) in [5, 5.41) is 2.20. The van der Waals surface area contributed by atoms with Gasteiger partial charge in [-0.15, -0.1) is 0 Å². The molecule has 1 aromatic carbocycles. The maximum atomic E-state index is 11.7. The van der Waals surface area contributed by atoms with Crippen LogP contribution in [0.5, 0.6) is 5.75 Å². The van der Waals surface area contributed by atoms with Crippen molar-refractivity contribution < 1.29 is 23.9 Å². The Morgan fingerprint density at radius 3 is 2.58 bits per heavy atom. The molecule has 2 amide bonds. The fourth-order valence-electron chi connectivity index (χ4n) is 1.26. The minimum atomic E-state index is -0.688. The number of hydrogen-bond donors (Lipinski definition) is 2. The third-order valence-electron chi connectivity index (χ3n) is 2.12. The number of primary amides is 1. The third kappa shape index (κ3) is 4.66. The van der Waals surface area contributed by atoms with Gasteiger partial charge in [0.2, 0.25) is 5.91 Å². The van der Waals surface area contributed by atoms with Gasteiger partial charge in [0.15, 0.2) is 6.61 Å². The molecule has 0 aliphatic carbocycles. The molecule has 0 spiro atoms. The summed E-state index contributed by atoms with van der Waals surface area (Å²) in [6.45, 7) is -0.796. The molecule has 0 bridgehead atoms. The van der Waals surface area contributed by atoms with E-state index in [0.717, 1.165) is 0 Å². The van der Waals surface area contributed by atoms with E-state index in [0.29, 0.717) is 5.75 Å². The Labute approximate surface area is 109 Å². The number of nitrogens with one attached hydrogen (secondary N) is 1. The first-order chi connectivity index (χ1) is 9.04. The third-order valence-corrected chi connectivity index (χ3v) is 2.12. The van der Waals surface area contributed by atoms with Gasteiger partial charge < -0.3 is 20.5 Å². The van der Waals surface area contributed by atoms with Gasteiger partial charge in [-0.3, -0.25) is 9.59 Å². The zero-order valence-electron chi connectivity index (χ0n) is 10.3. The Bertz CT molecular complexity index is 487. The highest BCUT2D eigenvalue weighted by atomic mass is 16.5. The normalized spacial score (nSPS) is 9.53. The molecule has 0 unspecified atom stereocenters. The quantitative estimate of drug-likeness (QED) is 0.672. The number of benzene rings is 1. The lowest BCUT2D eigenvalue weighted by Crippen LogP contribution is -2.36. The van der Waals surface area contributed by atoms with Gasteiger partial charge in [0.05, 0.1) is 13.7 Å². The van der Waals surface area contributed by atoms with Crippen molar-refractivity contribution in [1.82, 2.24) is 5.32 Å². The first-order valence-corrected chi connectivity index (χ1v) is 5.39. The van der Waals surface area contributed by atoms with Gasteiger partial charge in [-0.05, 0) is 12.1 Å². The van der Waals surface area contributed by atoms with Crippen LogP contribution in [0.15, 0.2) is 24.3 Å². The summed E-state index contributed by atoms with van der Waals surface area (Å²) < 4.78 is 9.77. The Kier molecular flexibility index (Phi) is 5.34. The Balaban J connectivity index is 2.51. The number of hydrogen-bond acceptors (Lipinski definition) is 5. The average Bonchev–Trinajstić information content (AvgIpc) is 2.42. The van der Waals surface area contributed by atoms with E-state index in [9.17, 15) is 14.4 Å². The monoisotopic (exact) mass is 266 g/mol. The first kappa shape index (κ1) is 14.5. The SMILES string of the molecule is COc1ccccc1C(=O)OCC(=O)NCC(N)=O. The molecule has 3 N–H and O–H groups in total. The topological polar surface area (TPSA) is 108 Å². The van der Waals surface area contributed by atoms with Crippen molar-refractivity contribution in [2.24, 2.45) is 5.73 Å². The summed E-state index contributed by atoms with van der Waals surface area (Å²) in [5.41, 5.74) is 5.06. The van der Waals surface area contributed by atoms with E-state index in [2.05, 4.69) is 5.32 Å². The maximum Gasteiger partial charge on any atom is 0.342 e. The van der Waals surface area contributed by atoms with E-state index in [4.69, 9.17) is 15.2 Å². The number of nitrogens with two attached hydrogens (primary N) is 1. The molecule has 19 heavy (non-hydrogen) atoms. The Hall–Kier alpha value is -2.57. The second-order valence-electron chi connectivity index (χ2n) is 3.52. The molecule has 0 aromatic heterocycles. The smallest absolute Gasteiger partial charge is 0.342 e. The molecule has 0 saturated carbocycles. The Morgan fingerprint density at radius 2 is 1.95 bits per heavy atom. The number of methoxy groups -OCH3 is 1. The minimum absolute atomic E-state index is 0.215. The van der Waals surface area contributed by atoms with Crippen molar-refractivity contribution >= 4 is 17.8 Å². The second-order valence-corrected chi connectivity index (χ2v) is 3.52. The van der Waals surface area contributed by atoms with Crippen LogP contribution in [0.1, 0.15) is 10.4 Å². The van der Waals surface area contributed by atoms with Crippen molar-refractivity contribution in [1.29, 1.82) is 0 Å². The van der Waals surface area contributed by atoms with Crippen LogP contribution in [0.2, 0.25) is 0 Å². The van der Waals surface area contributed by atoms with Crippen molar-refractivity contribution in [2.45, 2.75) is 0 Å². The fourth-order valence-corrected chi connectivity index (χ4v) is 1.26. The van der Waals surface area contributed by atoms with E-state index in [1.165, 1.54) is 13.2 Å². The molecule has 1 aromatic rings. The van der Waals surface area contributed by atoms with Gasteiger partial charge in [0.25, 0.3) is 5.91 Å². The van der Waals surface area contributed by atoms with Crippen molar-refractivity contribution in [3.05, 3.63) is 29.8 Å². The number of carbonyl (C=O) groups excluding carboxylic acids is 3. The molecule has 0 heterocycles. The predicted molar refractivity (Wildman–Crippen MR) is 65.5 cm³/mol. The van der Waals surface area contributed by atoms with E-state index < -0.39 is 24.4 Å². The van der Waals surface area contributed by atoms with Crippen LogP contribution < -0.4 is 15.8 Å². The number of para-hydroxylation sites is 1. The molecule has 7 heteroatoms. The minimum Gasteiger partial charge on any atom is -0.496 e.